The molecule has 7 unspecified atom stereocenters. The summed E-state index contributed by atoms with van der Waals surface area (Å²) >= 11 is 0. The molecule has 45 heavy (non-hydrogen) atoms. The van der Waals surface area contributed by atoms with Crippen LogP contribution in [0, 0.1) is 0 Å². The van der Waals surface area contributed by atoms with E-state index in [4.69, 9.17) is 9.47 Å². The van der Waals surface area contributed by atoms with Crippen molar-refractivity contribution in [1.29, 1.82) is 0 Å². The fourth-order valence-corrected chi connectivity index (χ4v) is 5.80. The van der Waals surface area contributed by atoms with Crippen molar-refractivity contribution in [2.45, 2.75) is 198 Å². The predicted octanol–water partition coefficient (Wildman–Crippen LogP) is 5.83. The van der Waals surface area contributed by atoms with E-state index in [2.05, 4.69) is 19.2 Å². The number of hydrogen-bond donors (Lipinski definition) is 6. The number of nitrogens with one attached hydrogen (secondary N) is 1. The van der Waals surface area contributed by atoms with E-state index >= 15 is 0 Å². The molecule has 1 rings (SSSR count). The van der Waals surface area contributed by atoms with Gasteiger partial charge in [-0.3, -0.25) is 4.79 Å². The molecule has 0 aromatic rings. The highest BCUT2D eigenvalue weighted by Crippen LogP contribution is 2.22. The number of aliphatic hydroxyl groups is 5. The first-order chi connectivity index (χ1) is 21.8. The van der Waals surface area contributed by atoms with Gasteiger partial charge in [-0.2, -0.15) is 0 Å². The number of carbonyl (C=O) groups is 1. The molecule has 1 saturated heterocycles. The summed E-state index contributed by atoms with van der Waals surface area (Å²) in [6.07, 6.45) is 21.4. The lowest BCUT2D eigenvalue weighted by Crippen LogP contribution is -2.60. The van der Waals surface area contributed by atoms with Gasteiger partial charge in [-0.15, -0.1) is 0 Å². The Morgan fingerprint density at radius 3 is 1.73 bits per heavy atom. The highest BCUT2D eigenvalue weighted by Gasteiger charge is 2.44. The van der Waals surface area contributed by atoms with Gasteiger partial charge in [0, 0.05) is 6.42 Å². The van der Waals surface area contributed by atoms with Crippen LogP contribution in [0.3, 0.4) is 0 Å². The predicted molar refractivity (Wildman–Crippen MR) is 180 cm³/mol. The number of carbonyl (C=O) groups excluding carboxylic acids is 1. The molecule has 0 radical (unpaired) electrons. The van der Waals surface area contributed by atoms with Crippen LogP contribution in [0.2, 0.25) is 0 Å². The van der Waals surface area contributed by atoms with Crippen LogP contribution >= 0.6 is 0 Å². The molecule has 0 aliphatic carbocycles. The Balaban J connectivity index is 2.41. The molecule has 1 fully saturated rings. The van der Waals surface area contributed by atoms with Gasteiger partial charge in [-0.25, -0.2) is 0 Å². The Bertz CT molecular complexity index is 721. The quantitative estimate of drug-likeness (QED) is 0.0441. The van der Waals surface area contributed by atoms with Gasteiger partial charge in [-0.05, 0) is 19.3 Å². The minimum Gasteiger partial charge on any atom is -0.394 e. The minimum absolute atomic E-state index is 0.185. The van der Waals surface area contributed by atoms with E-state index < -0.39 is 49.5 Å². The molecular formula is C36H69NO8. The number of aliphatic hydroxyl groups excluding tert-OH is 5. The average Bonchev–Trinajstić information content (AvgIpc) is 3.04. The fraction of sp³-hybridized carbons (Fsp3) is 0.917. The third-order valence-corrected chi connectivity index (χ3v) is 8.86. The van der Waals surface area contributed by atoms with Crippen molar-refractivity contribution in [3.05, 3.63) is 12.2 Å². The molecule has 1 amide bonds. The number of unbranched alkanes of at least 4 members (excludes halogenated alkanes) is 19. The second-order valence-corrected chi connectivity index (χ2v) is 13.0. The average molecular weight is 644 g/mol. The van der Waals surface area contributed by atoms with Crippen molar-refractivity contribution in [3.63, 3.8) is 0 Å². The smallest absolute Gasteiger partial charge is 0.220 e. The normalized spacial score (nSPS) is 23.4. The third-order valence-electron chi connectivity index (χ3n) is 8.86. The maximum Gasteiger partial charge on any atom is 0.220 e. The molecule has 266 valence electrons. The number of hydrogen-bond acceptors (Lipinski definition) is 8. The van der Waals surface area contributed by atoms with Gasteiger partial charge in [-0.1, -0.05) is 142 Å². The van der Waals surface area contributed by atoms with E-state index in [1.807, 2.05) is 6.08 Å². The van der Waals surface area contributed by atoms with Crippen molar-refractivity contribution in [2.24, 2.45) is 0 Å². The van der Waals surface area contributed by atoms with Crippen molar-refractivity contribution in [2.75, 3.05) is 13.2 Å². The van der Waals surface area contributed by atoms with E-state index in [9.17, 15) is 30.3 Å². The zero-order valence-corrected chi connectivity index (χ0v) is 28.6. The van der Waals surface area contributed by atoms with Crippen molar-refractivity contribution in [1.82, 2.24) is 5.32 Å². The number of rotatable bonds is 29. The summed E-state index contributed by atoms with van der Waals surface area (Å²) in [6.45, 7) is 3.68. The largest absolute Gasteiger partial charge is 0.394 e. The summed E-state index contributed by atoms with van der Waals surface area (Å²) in [6, 6.07) is -0.794. The highest BCUT2D eigenvalue weighted by molar-refractivity contribution is 5.76. The van der Waals surface area contributed by atoms with Crippen molar-refractivity contribution >= 4 is 5.91 Å². The molecule has 0 bridgehead atoms. The molecule has 0 spiro atoms. The lowest BCUT2D eigenvalue weighted by atomic mass is 9.99. The number of allylic oxidation sites excluding steroid dienone is 1. The number of amides is 1. The van der Waals surface area contributed by atoms with Gasteiger partial charge < -0.3 is 40.3 Å². The molecule has 9 nitrogen and oxygen atoms in total. The number of ether oxygens (including phenoxy) is 2. The SMILES string of the molecule is CCCCCCCCCCCCCCCC/C=C/C(O)C(COC1OC(CO)C(O)C(O)C1O)NC(=O)CCCCCCCC. The maximum atomic E-state index is 12.7. The van der Waals surface area contributed by atoms with Crippen LogP contribution < -0.4 is 5.32 Å². The van der Waals surface area contributed by atoms with Crippen LogP contribution in [-0.2, 0) is 14.3 Å². The first-order valence-electron chi connectivity index (χ1n) is 18.4. The van der Waals surface area contributed by atoms with Gasteiger partial charge in [0.25, 0.3) is 0 Å². The molecule has 9 heteroatoms. The Morgan fingerprint density at radius 2 is 1.22 bits per heavy atom. The van der Waals surface area contributed by atoms with E-state index in [0.29, 0.717) is 6.42 Å². The summed E-state index contributed by atoms with van der Waals surface area (Å²) in [7, 11) is 0. The van der Waals surface area contributed by atoms with E-state index in [1.165, 1.54) is 89.9 Å². The zero-order valence-electron chi connectivity index (χ0n) is 28.6. The minimum atomic E-state index is -1.56. The first-order valence-corrected chi connectivity index (χ1v) is 18.4. The third kappa shape index (κ3) is 20.0. The van der Waals surface area contributed by atoms with Gasteiger partial charge in [0.15, 0.2) is 6.29 Å². The molecule has 0 saturated carbocycles. The zero-order chi connectivity index (χ0) is 33.1. The first kappa shape index (κ1) is 42.0. The molecular weight excluding hydrogens is 574 g/mol. The molecule has 1 heterocycles. The Labute approximate surface area is 274 Å². The fourth-order valence-electron chi connectivity index (χ4n) is 5.80. The summed E-state index contributed by atoms with van der Waals surface area (Å²) in [4.78, 5) is 12.7. The monoisotopic (exact) mass is 644 g/mol. The van der Waals surface area contributed by atoms with Gasteiger partial charge >= 0.3 is 0 Å². The lowest BCUT2D eigenvalue weighted by Gasteiger charge is -2.40. The molecule has 0 aromatic carbocycles. The van der Waals surface area contributed by atoms with Crippen molar-refractivity contribution < 1.29 is 39.8 Å². The molecule has 7 atom stereocenters. The van der Waals surface area contributed by atoms with Gasteiger partial charge in [0.05, 0.1) is 25.4 Å². The molecule has 6 N–H and O–H groups in total. The van der Waals surface area contributed by atoms with E-state index in [0.717, 1.165) is 44.9 Å². The van der Waals surface area contributed by atoms with Gasteiger partial charge in [0.2, 0.25) is 5.91 Å². The molecule has 0 aromatic heterocycles. The van der Waals surface area contributed by atoms with Crippen molar-refractivity contribution in [3.8, 4) is 0 Å². The van der Waals surface area contributed by atoms with Crippen LogP contribution in [0.4, 0.5) is 0 Å². The summed E-state index contributed by atoms with van der Waals surface area (Å²) in [5.41, 5.74) is 0. The second kappa shape index (κ2) is 28.0. The maximum absolute atomic E-state index is 12.7. The highest BCUT2D eigenvalue weighted by atomic mass is 16.7. The summed E-state index contributed by atoms with van der Waals surface area (Å²) < 4.78 is 11.1. The summed E-state index contributed by atoms with van der Waals surface area (Å²) in [5.74, 6) is -0.188. The van der Waals surface area contributed by atoms with Crippen LogP contribution in [0.5, 0.6) is 0 Å². The Morgan fingerprint density at radius 1 is 0.733 bits per heavy atom. The second-order valence-electron chi connectivity index (χ2n) is 13.0. The molecule has 1 aliphatic rings. The van der Waals surface area contributed by atoms with Gasteiger partial charge in [0.1, 0.15) is 24.4 Å². The van der Waals surface area contributed by atoms with E-state index in [-0.39, 0.29) is 12.5 Å². The topological polar surface area (TPSA) is 149 Å². The summed E-state index contributed by atoms with van der Waals surface area (Å²) in [5, 5.41) is 53.6. The Kier molecular flexibility index (Phi) is 26.1. The van der Waals surface area contributed by atoms with Crippen LogP contribution in [0.15, 0.2) is 12.2 Å². The Hall–Kier alpha value is -1.07. The van der Waals surface area contributed by atoms with Crippen LogP contribution in [0.1, 0.15) is 155 Å². The standard InChI is InChI=1S/C36H69NO8/c1-3-5-7-9-11-12-13-14-15-16-17-18-19-20-21-23-25-30(39)29(37-32(40)26-24-22-10-8-6-4-2)28-44-36-35(43)34(42)33(41)31(27-38)45-36/h23,25,29-31,33-36,38-39,41-43H,3-22,24,26-28H2,1-2H3,(H,37,40)/b25-23+. The van der Waals surface area contributed by atoms with Crippen LogP contribution in [0.25, 0.3) is 0 Å². The van der Waals surface area contributed by atoms with E-state index in [1.54, 1.807) is 6.08 Å². The molecule has 1 aliphatic heterocycles. The van der Waals surface area contributed by atoms with Crippen LogP contribution in [-0.4, -0.2) is 87.5 Å². The lowest BCUT2D eigenvalue weighted by molar-refractivity contribution is -0.302.